The second-order valence-corrected chi connectivity index (χ2v) is 19.7. The van der Waals surface area contributed by atoms with Gasteiger partial charge in [0.25, 0.3) is 5.69 Å². The Morgan fingerprint density at radius 3 is 1.21 bits per heavy atom. The molecule has 0 unspecified atom stereocenters. The van der Waals surface area contributed by atoms with Crippen molar-refractivity contribution in [1.29, 1.82) is 0 Å². The van der Waals surface area contributed by atoms with Gasteiger partial charge in [-0.2, -0.15) is 10.2 Å². The molecule has 0 fully saturated rings. The fourth-order valence-electron chi connectivity index (χ4n) is 8.39. The van der Waals surface area contributed by atoms with Crippen LogP contribution in [-0.2, 0) is 30.4 Å². The Kier molecular flexibility index (Phi) is 27.9. The van der Waals surface area contributed by atoms with Crippen LogP contribution in [0.2, 0.25) is 0 Å². The minimum absolute atomic E-state index is 0.0440. The number of benzene rings is 6. The summed E-state index contributed by atoms with van der Waals surface area (Å²) in [4.78, 5) is 87.0. The summed E-state index contributed by atoms with van der Waals surface area (Å²) >= 11 is 0. The monoisotopic (exact) mass is 1170 g/mol. The molecule has 19 heteroatoms. The van der Waals surface area contributed by atoms with E-state index < -0.39 is 40.7 Å². The molecule has 19 nitrogen and oxygen atoms in total. The summed E-state index contributed by atoms with van der Waals surface area (Å²) in [5, 5.41) is 19.1. The molecule has 0 aromatic heterocycles. The average Bonchev–Trinajstić information content (AvgIpc) is 2.99. The van der Waals surface area contributed by atoms with E-state index in [4.69, 9.17) is 37.9 Å². The minimum Gasteiger partial charge on any atom is -0.494 e. The molecule has 0 N–H and O–H groups in total. The number of rotatable bonds is 38. The fraction of sp³-hybridized carbons (Fsp3) is 0.313. The predicted molar refractivity (Wildman–Crippen MR) is 321 cm³/mol. The molecule has 0 atom stereocenters. The Morgan fingerprint density at radius 1 is 0.395 bits per heavy atom. The van der Waals surface area contributed by atoms with E-state index in [1.807, 2.05) is 0 Å². The molecular formula is C67H71N3O16. The number of nitro groups is 1. The van der Waals surface area contributed by atoms with Crippen LogP contribution < -0.4 is 23.7 Å². The van der Waals surface area contributed by atoms with Gasteiger partial charge in [0.2, 0.25) is 0 Å². The highest BCUT2D eigenvalue weighted by molar-refractivity contribution is 6.06. The standard InChI is InChI=1S/C67H71N3O16/c1-3-62(71)81-45-19-15-11-7-5-9-13-17-43-79-55-34-38-58(39-35-55)85-65(74)51-25-42-60(67(76)86-59-40-36-56(37-41-59)80-44-18-14-10-6-8-12-16-20-46-82-63(72)4-2)61(47-51)66(75)83-48-49-21-32-57(33-22-49)84-64(73)50-23-26-52(27-24-50)68-69-53-28-30-54(31-29-53)70(77)78/h3-4,21-42,47H,1-2,5-20,43-46,48H2. The SMILES string of the molecule is C=CC(=O)OCCCCCCCCCCOc1ccc(OC(=O)c2ccc(C(=O)Oc3ccc(OCCCCCCCCCCOC(=O)C=C)cc3)c(C(=O)OCc3ccc(OC(=O)c4ccc(N=Nc5ccc([N+](=O)[O-])cc5)cc4)cc3)c2)cc1. The van der Waals surface area contributed by atoms with E-state index in [1.54, 1.807) is 72.8 Å². The van der Waals surface area contributed by atoms with Crippen molar-refractivity contribution in [2.24, 2.45) is 10.2 Å². The average molecular weight is 1170 g/mol. The van der Waals surface area contributed by atoms with Crippen molar-refractivity contribution >= 4 is 52.9 Å². The first-order valence-electron chi connectivity index (χ1n) is 28.7. The third-order valence-corrected chi connectivity index (χ3v) is 13.1. The van der Waals surface area contributed by atoms with Crippen molar-refractivity contribution in [3.8, 4) is 28.7 Å². The highest BCUT2D eigenvalue weighted by atomic mass is 16.6. The van der Waals surface area contributed by atoms with Crippen molar-refractivity contribution in [3.05, 3.63) is 203 Å². The molecule has 0 aliphatic rings. The molecule has 0 radical (unpaired) electrons. The third kappa shape index (κ3) is 23.8. The Hall–Kier alpha value is -9.78. The number of non-ortho nitro benzene ring substituents is 1. The van der Waals surface area contributed by atoms with E-state index >= 15 is 0 Å². The van der Waals surface area contributed by atoms with Crippen LogP contribution in [0, 0.1) is 10.1 Å². The van der Waals surface area contributed by atoms with Gasteiger partial charge in [0, 0.05) is 24.3 Å². The predicted octanol–water partition coefficient (Wildman–Crippen LogP) is 15.5. The second kappa shape index (κ2) is 36.7. The van der Waals surface area contributed by atoms with Crippen LogP contribution >= 0.6 is 0 Å². The van der Waals surface area contributed by atoms with Crippen LogP contribution in [0.15, 0.2) is 175 Å². The molecule has 6 aromatic carbocycles. The Bertz CT molecular complexity index is 3200. The van der Waals surface area contributed by atoms with Crippen LogP contribution in [-0.4, -0.2) is 67.2 Å². The molecular weight excluding hydrogens is 1100 g/mol. The van der Waals surface area contributed by atoms with Crippen molar-refractivity contribution in [1.82, 2.24) is 0 Å². The summed E-state index contributed by atoms with van der Waals surface area (Å²) in [6, 6.07) is 34.9. The first kappa shape index (κ1) is 65.4. The molecule has 86 heavy (non-hydrogen) atoms. The largest absolute Gasteiger partial charge is 0.494 e. The van der Waals surface area contributed by atoms with Crippen molar-refractivity contribution < 1.29 is 71.6 Å². The number of carbonyl (C=O) groups is 6. The number of unbranched alkanes of at least 4 members (excludes halogenated alkanes) is 14. The first-order valence-corrected chi connectivity index (χ1v) is 28.7. The lowest BCUT2D eigenvalue weighted by molar-refractivity contribution is -0.384. The van der Waals surface area contributed by atoms with Crippen LogP contribution in [0.4, 0.5) is 17.1 Å². The van der Waals surface area contributed by atoms with Gasteiger partial charge < -0.3 is 37.9 Å². The molecule has 0 bridgehead atoms. The maximum Gasteiger partial charge on any atom is 0.344 e. The maximum atomic E-state index is 13.9. The zero-order valence-corrected chi connectivity index (χ0v) is 48.1. The summed E-state index contributed by atoms with van der Waals surface area (Å²) in [5.74, 6) is -2.26. The van der Waals surface area contributed by atoms with E-state index in [1.165, 1.54) is 78.9 Å². The third-order valence-electron chi connectivity index (χ3n) is 13.1. The lowest BCUT2D eigenvalue weighted by Crippen LogP contribution is -2.18. The molecule has 450 valence electrons. The van der Waals surface area contributed by atoms with Crippen LogP contribution in [0.25, 0.3) is 0 Å². The zero-order chi connectivity index (χ0) is 61.1. The van der Waals surface area contributed by atoms with E-state index in [9.17, 15) is 38.9 Å². The minimum atomic E-state index is -0.937. The molecule has 0 saturated heterocycles. The Labute approximate surface area is 500 Å². The quantitative estimate of drug-likeness (QED) is 0.00511. The van der Waals surface area contributed by atoms with E-state index in [2.05, 4.69) is 23.4 Å². The Balaban J connectivity index is 1.00. The zero-order valence-electron chi connectivity index (χ0n) is 48.1. The second-order valence-electron chi connectivity index (χ2n) is 19.7. The number of ether oxygens (including phenoxy) is 8. The summed E-state index contributed by atoms with van der Waals surface area (Å²) in [5.41, 5.74) is 1.03. The van der Waals surface area contributed by atoms with Crippen LogP contribution in [0.5, 0.6) is 28.7 Å². The van der Waals surface area contributed by atoms with Crippen molar-refractivity contribution in [3.63, 3.8) is 0 Å². The van der Waals surface area contributed by atoms with Gasteiger partial charge in [0.05, 0.1) is 65.0 Å². The fourth-order valence-corrected chi connectivity index (χ4v) is 8.39. The van der Waals surface area contributed by atoms with Gasteiger partial charge in [-0.15, -0.1) is 0 Å². The number of nitrogens with zero attached hydrogens (tertiary/aromatic N) is 3. The van der Waals surface area contributed by atoms with Gasteiger partial charge in [-0.1, -0.05) is 102 Å². The summed E-state index contributed by atoms with van der Waals surface area (Å²) in [6.07, 6.45) is 18.6. The number of nitro benzene ring substituents is 1. The van der Waals surface area contributed by atoms with Crippen molar-refractivity contribution in [2.45, 2.75) is 109 Å². The highest BCUT2D eigenvalue weighted by Gasteiger charge is 2.24. The van der Waals surface area contributed by atoms with E-state index in [0.29, 0.717) is 54.9 Å². The topological polar surface area (TPSA) is 244 Å². The first-order chi connectivity index (χ1) is 41.9. The summed E-state index contributed by atoms with van der Waals surface area (Å²) < 4.78 is 44.4. The highest BCUT2D eigenvalue weighted by Crippen LogP contribution is 2.26. The summed E-state index contributed by atoms with van der Waals surface area (Å²) in [7, 11) is 0. The molecule has 0 aliphatic heterocycles. The molecule has 0 amide bonds. The number of esters is 6. The number of azo groups is 1. The lowest BCUT2D eigenvalue weighted by Gasteiger charge is -2.13. The molecule has 0 saturated carbocycles. The molecule has 0 heterocycles. The van der Waals surface area contributed by atoms with E-state index in [0.717, 1.165) is 103 Å². The molecule has 6 rings (SSSR count). The molecule has 6 aromatic rings. The van der Waals surface area contributed by atoms with Gasteiger partial charge in [0.1, 0.15) is 35.4 Å². The van der Waals surface area contributed by atoms with Crippen LogP contribution in [0.1, 0.15) is 150 Å². The number of carbonyl (C=O) groups excluding carboxylic acids is 6. The number of hydrogen-bond acceptors (Lipinski definition) is 18. The summed E-state index contributed by atoms with van der Waals surface area (Å²) in [6.45, 7) is 8.39. The van der Waals surface area contributed by atoms with Gasteiger partial charge in [0.15, 0.2) is 0 Å². The van der Waals surface area contributed by atoms with Crippen LogP contribution in [0.3, 0.4) is 0 Å². The smallest absolute Gasteiger partial charge is 0.344 e. The van der Waals surface area contributed by atoms with Crippen molar-refractivity contribution in [2.75, 3.05) is 26.4 Å². The van der Waals surface area contributed by atoms with Gasteiger partial charge in [-0.3, -0.25) is 10.1 Å². The lowest BCUT2D eigenvalue weighted by atomic mass is 10.0. The normalized spacial score (nSPS) is 10.8. The van der Waals surface area contributed by atoms with Gasteiger partial charge in [-0.25, -0.2) is 28.8 Å². The molecule has 0 aliphatic carbocycles. The Morgan fingerprint density at radius 2 is 0.767 bits per heavy atom. The maximum absolute atomic E-state index is 13.9. The molecule has 0 spiro atoms. The van der Waals surface area contributed by atoms with Gasteiger partial charge >= 0.3 is 35.8 Å². The van der Waals surface area contributed by atoms with Gasteiger partial charge in [-0.05, 0) is 147 Å². The number of hydrogen-bond donors (Lipinski definition) is 0. The van der Waals surface area contributed by atoms with E-state index in [-0.39, 0.29) is 51.8 Å².